The van der Waals surface area contributed by atoms with Crippen LogP contribution in [0, 0.1) is 5.92 Å². The average molecular weight is 566 g/mol. The van der Waals surface area contributed by atoms with Crippen molar-refractivity contribution in [1.29, 1.82) is 0 Å². The van der Waals surface area contributed by atoms with Gasteiger partial charge in [0, 0.05) is 30.7 Å². The summed E-state index contributed by atoms with van der Waals surface area (Å²) in [6, 6.07) is 12.9. The third-order valence-corrected chi connectivity index (χ3v) is 6.73. The van der Waals surface area contributed by atoms with Crippen molar-refractivity contribution in [2.75, 3.05) is 33.4 Å². The van der Waals surface area contributed by atoms with E-state index >= 15 is 0 Å². The fourth-order valence-corrected chi connectivity index (χ4v) is 4.51. The first-order valence-electron chi connectivity index (χ1n) is 13.5. The highest BCUT2D eigenvalue weighted by molar-refractivity contribution is 5.94. The standard InChI is InChI=1S/C30H35N3O8/c1-18(2)29(30(37)32-15-22-5-4-12-39-22)33-26(34)16-31-27(35)17-40-21-10-11-23-24(14-28(36)41-25(23)13-21)19-6-8-20(38-3)9-7-19/h6-11,13-14,18,22,29H,4-5,12,15-17H2,1-3H3,(H,31,35)(H,32,37)(H,33,34)/t22-,29+/m1/s1. The highest BCUT2D eigenvalue weighted by Crippen LogP contribution is 2.30. The van der Waals surface area contributed by atoms with E-state index in [1.165, 1.54) is 12.1 Å². The first-order valence-corrected chi connectivity index (χ1v) is 13.5. The van der Waals surface area contributed by atoms with Crippen molar-refractivity contribution in [3.8, 4) is 22.6 Å². The Morgan fingerprint density at radius 2 is 1.76 bits per heavy atom. The Bertz CT molecular complexity index is 1430. The zero-order valence-corrected chi connectivity index (χ0v) is 23.4. The van der Waals surface area contributed by atoms with Gasteiger partial charge in [0.05, 0.1) is 19.8 Å². The second-order valence-electron chi connectivity index (χ2n) is 10.1. The Morgan fingerprint density at radius 3 is 2.44 bits per heavy atom. The van der Waals surface area contributed by atoms with E-state index in [-0.39, 0.29) is 31.1 Å². The van der Waals surface area contributed by atoms with Gasteiger partial charge in [-0.15, -0.1) is 0 Å². The minimum Gasteiger partial charge on any atom is -0.497 e. The summed E-state index contributed by atoms with van der Waals surface area (Å²) < 4.78 is 21.6. The molecule has 41 heavy (non-hydrogen) atoms. The van der Waals surface area contributed by atoms with E-state index in [0.29, 0.717) is 41.2 Å². The van der Waals surface area contributed by atoms with Crippen LogP contribution in [0.25, 0.3) is 22.1 Å². The van der Waals surface area contributed by atoms with Gasteiger partial charge >= 0.3 is 5.63 Å². The minimum absolute atomic E-state index is 0.00378. The van der Waals surface area contributed by atoms with Gasteiger partial charge in [-0.25, -0.2) is 4.79 Å². The molecular weight excluding hydrogens is 530 g/mol. The molecule has 1 saturated heterocycles. The van der Waals surface area contributed by atoms with Crippen LogP contribution in [0.5, 0.6) is 11.5 Å². The van der Waals surface area contributed by atoms with Crippen molar-refractivity contribution in [2.45, 2.75) is 38.8 Å². The number of ether oxygens (including phenoxy) is 3. The lowest BCUT2D eigenvalue weighted by atomic mass is 10.0. The lowest BCUT2D eigenvalue weighted by Crippen LogP contribution is -2.53. The van der Waals surface area contributed by atoms with E-state index in [0.717, 1.165) is 18.4 Å². The molecule has 2 atom stereocenters. The topological polar surface area (TPSA) is 145 Å². The molecule has 0 bridgehead atoms. The number of carbonyl (C=O) groups excluding carboxylic acids is 3. The van der Waals surface area contributed by atoms with Crippen LogP contribution in [0.1, 0.15) is 26.7 Å². The Morgan fingerprint density at radius 1 is 1.00 bits per heavy atom. The van der Waals surface area contributed by atoms with Crippen LogP contribution in [0.4, 0.5) is 0 Å². The molecule has 1 aliphatic heterocycles. The third kappa shape index (κ3) is 8.07. The number of benzene rings is 2. The van der Waals surface area contributed by atoms with Gasteiger partial charge in [-0.2, -0.15) is 0 Å². The van der Waals surface area contributed by atoms with E-state index in [1.807, 2.05) is 26.0 Å². The summed E-state index contributed by atoms with van der Waals surface area (Å²) in [7, 11) is 1.58. The summed E-state index contributed by atoms with van der Waals surface area (Å²) in [6.07, 6.45) is 1.86. The lowest BCUT2D eigenvalue weighted by Gasteiger charge is -2.22. The van der Waals surface area contributed by atoms with Crippen LogP contribution in [0.2, 0.25) is 0 Å². The van der Waals surface area contributed by atoms with Gasteiger partial charge < -0.3 is 34.6 Å². The van der Waals surface area contributed by atoms with E-state index in [2.05, 4.69) is 16.0 Å². The van der Waals surface area contributed by atoms with Crippen molar-refractivity contribution in [3.05, 3.63) is 59.0 Å². The third-order valence-electron chi connectivity index (χ3n) is 6.73. The number of carbonyl (C=O) groups is 3. The quantitative estimate of drug-likeness (QED) is 0.284. The summed E-state index contributed by atoms with van der Waals surface area (Å²) in [5, 5.41) is 8.69. The predicted octanol–water partition coefficient (Wildman–Crippen LogP) is 2.40. The number of nitrogens with one attached hydrogen (secondary N) is 3. The van der Waals surface area contributed by atoms with E-state index in [1.54, 1.807) is 31.4 Å². The van der Waals surface area contributed by atoms with Crippen LogP contribution in [0.3, 0.4) is 0 Å². The molecule has 218 valence electrons. The molecule has 0 radical (unpaired) electrons. The highest BCUT2D eigenvalue weighted by Gasteiger charge is 2.25. The van der Waals surface area contributed by atoms with E-state index < -0.39 is 23.5 Å². The van der Waals surface area contributed by atoms with Crippen LogP contribution < -0.4 is 31.0 Å². The second kappa shape index (κ2) is 13.8. The molecule has 11 nitrogen and oxygen atoms in total. The molecule has 0 unspecified atom stereocenters. The molecule has 2 aromatic carbocycles. The SMILES string of the molecule is COc1ccc(-c2cc(=O)oc3cc(OCC(=O)NCC(=O)N[C@H](C(=O)NC[C@H]4CCCO4)C(C)C)ccc23)cc1. The van der Waals surface area contributed by atoms with Gasteiger partial charge in [0.2, 0.25) is 11.8 Å². The molecule has 0 saturated carbocycles. The summed E-state index contributed by atoms with van der Waals surface area (Å²) >= 11 is 0. The van der Waals surface area contributed by atoms with Crippen molar-refractivity contribution < 1.29 is 33.0 Å². The molecule has 1 fully saturated rings. The summed E-state index contributed by atoms with van der Waals surface area (Å²) in [6.45, 7) is 4.06. The van der Waals surface area contributed by atoms with Gasteiger partial charge in [0.15, 0.2) is 6.61 Å². The molecule has 4 rings (SSSR count). The van der Waals surface area contributed by atoms with Gasteiger partial charge in [-0.3, -0.25) is 14.4 Å². The molecule has 1 aromatic heterocycles. The Labute approximate surface area is 237 Å². The van der Waals surface area contributed by atoms with E-state index in [4.69, 9.17) is 18.6 Å². The van der Waals surface area contributed by atoms with Crippen molar-refractivity contribution in [3.63, 3.8) is 0 Å². The zero-order chi connectivity index (χ0) is 29.4. The van der Waals surface area contributed by atoms with Crippen LogP contribution >= 0.6 is 0 Å². The molecule has 3 aromatic rings. The lowest BCUT2D eigenvalue weighted by molar-refractivity contribution is -0.131. The molecule has 1 aliphatic rings. The van der Waals surface area contributed by atoms with Crippen molar-refractivity contribution in [1.82, 2.24) is 16.0 Å². The van der Waals surface area contributed by atoms with Gasteiger partial charge in [-0.05, 0) is 54.2 Å². The Kier molecular flexibility index (Phi) is 9.96. The summed E-state index contributed by atoms with van der Waals surface area (Å²) in [5.41, 5.74) is 1.28. The zero-order valence-electron chi connectivity index (χ0n) is 23.4. The highest BCUT2D eigenvalue weighted by atomic mass is 16.5. The van der Waals surface area contributed by atoms with Crippen molar-refractivity contribution in [2.24, 2.45) is 5.92 Å². The maximum Gasteiger partial charge on any atom is 0.336 e. The van der Waals surface area contributed by atoms with Gasteiger partial charge in [0.25, 0.3) is 5.91 Å². The van der Waals surface area contributed by atoms with Crippen LogP contribution in [-0.2, 0) is 19.1 Å². The molecule has 3 amide bonds. The Balaban J connectivity index is 1.29. The predicted molar refractivity (Wildman–Crippen MR) is 152 cm³/mol. The molecule has 3 N–H and O–H groups in total. The summed E-state index contributed by atoms with van der Waals surface area (Å²) in [4.78, 5) is 49.6. The molecule has 0 spiro atoms. The van der Waals surface area contributed by atoms with Crippen LogP contribution in [-0.4, -0.2) is 63.3 Å². The Hall–Kier alpha value is -4.38. The summed E-state index contributed by atoms with van der Waals surface area (Å²) in [5.74, 6) is -0.463. The molecule has 2 heterocycles. The number of hydrogen-bond donors (Lipinski definition) is 3. The number of fused-ring (bicyclic) bond motifs is 1. The molecule has 0 aliphatic carbocycles. The van der Waals surface area contributed by atoms with Gasteiger partial charge in [-0.1, -0.05) is 26.0 Å². The number of methoxy groups -OCH3 is 1. The fraction of sp³-hybridized carbons (Fsp3) is 0.400. The average Bonchev–Trinajstić information content (AvgIpc) is 3.49. The number of hydrogen-bond acceptors (Lipinski definition) is 8. The number of amides is 3. The van der Waals surface area contributed by atoms with E-state index in [9.17, 15) is 19.2 Å². The molecule has 11 heteroatoms. The number of rotatable bonds is 12. The molecular formula is C30H35N3O8. The first-order chi connectivity index (χ1) is 19.7. The smallest absolute Gasteiger partial charge is 0.336 e. The first kappa shape index (κ1) is 29.6. The van der Waals surface area contributed by atoms with Crippen molar-refractivity contribution >= 4 is 28.7 Å². The van der Waals surface area contributed by atoms with Gasteiger partial charge in [0.1, 0.15) is 23.1 Å². The largest absolute Gasteiger partial charge is 0.497 e. The second-order valence-corrected chi connectivity index (χ2v) is 10.1. The minimum atomic E-state index is -0.743. The maximum absolute atomic E-state index is 12.6. The normalized spacial score (nSPS) is 15.4. The monoisotopic (exact) mass is 565 g/mol. The van der Waals surface area contributed by atoms with Crippen LogP contribution in [0.15, 0.2) is 57.7 Å². The fourth-order valence-electron chi connectivity index (χ4n) is 4.51. The maximum atomic E-state index is 12.6.